The quantitative estimate of drug-likeness (QED) is 0.832. The normalized spacial score (nSPS) is 18.2. The van der Waals surface area contributed by atoms with Gasteiger partial charge in [0.05, 0.1) is 5.56 Å². The van der Waals surface area contributed by atoms with Gasteiger partial charge < -0.3 is 10.8 Å². The smallest absolute Gasteiger partial charge is 0.252 e. The Bertz CT molecular complexity index is 455. The van der Waals surface area contributed by atoms with Crippen LogP contribution in [0.2, 0.25) is 0 Å². The van der Waals surface area contributed by atoms with E-state index in [1.165, 1.54) is 38.2 Å². The van der Waals surface area contributed by atoms with Crippen LogP contribution in [-0.4, -0.2) is 16.4 Å². The highest BCUT2D eigenvalue weighted by Gasteiger charge is 2.22. The van der Waals surface area contributed by atoms with Crippen molar-refractivity contribution in [1.82, 2.24) is 0 Å². The zero-order valence-electron chi connectivity index (χ0n) is 10.9. The van der Waals surface area contributed by atoms with E-state index in [9.17, 15) is 9.90 Å². The lowest BCUT2D eigenvalue weighted by atomic mass is 9.84. The Morgan fingerprint density at radius 2 is 2.05 bits per heavy atom. The zero-order valence-corrected chi connectivity index (χ0v) is 11.7. The molecule has 0 aliphatic heterocycles. The van der Waals surface area contributed by atoms with Crippen molar-refractivity contribution in [2.75, 3.05) is 0 Å². The van der Waals surface area contributed by atoms with Crippen LogP contribution in [0.5, 0.6) is 5.75 Å². The van der Waals surface area contributed by atoms with Gasteiger partial charge in [0, 0.05) is 5.38 Å². The van der Waals surface area contributed by atoms with Gasteiger partial charge in [-0.3, -0.25) is 4.79 Å². The van der Waals surface area contributed by atoms with Crippen molar-refractivity contribution in [3.63, 3.8) is 0 Å². The first kappa shape index (κ1) is 14.2. The molecule has 0 aromatic heterocycles. The van der Waals surface area contributed by atoms with E-state index in [4.69, 9.17) is 17.3 Å². The Labute approximate surface area is 118 Å². The molecule has 2 rings (SSSR count). The summed E-state index contributed by atoms with van der Waals surface area (Å²) >= 11 is 6.49. The molecule has 0 spiro atoms. The van der Waals surface area contributed by atoms with Gasteiger partial charge in [0.25, 0.3) is 5.91 Å². The molecule has 1 atom stereocenters. The molecule has 3 N–H and O–H groups in total. The van der Waals surface area contributed by atoms with E-state index in [0.717, 1.165) is 5.56 Å². The van der Waals surface area contributed by atoms with E-state index in [-0.39, 0.29) is 16.7 Å². The molecule has 1 fully saturated rings. The summed E-state index contributed by atoms with van der Waals surface area (Å²) in [7, 11) is 0. The van der Waals surface area contributed by atoms with Crippen molar-refractivity contribution in [3.05, 3.63) is 29.3 Å². The average molecular weight is 282 g/mol. The van der Waals surface area contributed by atoms with Gasteiger partial charge in [-0.15, -0.1) is 11.6 Å². The number of aromatic hydroxyl groups is 1. The summed E-state index contributed by atoms with van der Waals surface area (Å²) in [6.07, 6.45) is 6.92. The minimum absolute atomic E-state index is 0.0694. The number of hydrogen-bond acceptors (Lipinski definition) is 2. The molecule has 19 heavy (non-hydrogen) atoms. The number of carbonyl (C=O) groups is 1. The molecule has 0 bridgehead atoms. The maximum absolute atomic E-state index is 11.2. The summed E-state index contributed by atoms with van der Waals surface area (Å²) in [5.41, 5.74) is 6.35. The molecule has 4 heteroatoms. The molecular formula is C15H20ClNO2. The number of rotatable bonds is 4. The fourth-order valence-electron chi connectivity index (χ4n) is 2.80. The molecule has 1 aliphatic rings. The number of amides is 1. The van der Waals surface area contributed by atoms with E-state index < -0.39 is 5.91 Å². The standard InChI is InChI=1S/C15H20ClNO2/c16-13(11-4-2-1-3-5-11)9-10-6-7-14(18)12(8-10)15(17)19/h6-8,11,13,18H,1-5,9H2,(H2,17,19). The lowest BCUT2D eigenvalue weighted by Gasteiger charge is -2.26. The van der Waals surface area contributed by atoms with Crippen molar-refractivity contribution in [2.24, 2.45) is 11.7 Å². The largest absolute Gasteiger partial charge is 0.507 e. The highest BCUT2D eigenvalue weighted by molar-refractivity contribution is 6.20. The van der Waals surface area contributed by atoms with Gasteiger partial charge >= 0.3 is 0 Å². The zero-order chi connectivity index (χ0) is 13.8. The number of carbonyl (C=O) groups excluding carboxylic acids is 1. The van der Waals surface area contributed by atoms with Crippen molar-refractivity contribution < 1.29 is 9.90 Å². The Hall–Kier alpha value is -1.22. The van der Waals surface area contributed by atoms with Crippen molar-refractivity contribution in [3.8, 4) is 5.75 Å². The first-order valence-corrected chi connectivity index (χ1v) is 7.27. The number of halogens is 1. The van der Waals surface area contributed by atoms with Crippen LogP contribution in [0, 0.1) is 5.92 Å². The summed E-state index contributed by atoms with van der Waals surface area (Å²) in [6, 6.07) is 4.97. The molecule has 0 heterocycles. The predicted octanol–water partition coefficient (Wildman–Crippen LogP) is 3.22. The Balaban J connectivity index is 2.05. The van der Waals surface area contributed by atoms with Crippen LogP contribution in [0.25, 0.3) is 0 Å². The first-order valence-electron chi connectivity index (χ1n) is 6.83. The maximum Gasteiger partial charge on any atom is 0.252 e. The third kappa shape index (κ3) is 3.63. The Kier molecular flexibility index (Phi) is 4.70. The molecule has 1 saturated carbocycles. The van der Waals surface area contributed by atoms with Crippen LogP contribution in [0.3, 0.4) is 0 Å². The van der Waals surface area contributed by atoms with Gasteiger partial charge in [0.15, 0.2) is 0 Å². The number of alkyl halides is 1. The minimum Gasteiger partial charge on any atom is -0.507 e. The SMILES string of the molecule is NC(=O)c1cc(CC(Cl)C2CCCCC2)ccc1O. The molecule has 0 radical (unpaired) electrons. The predicted molar refractivity (Wildman–Crippen MR) is 76.5 cm³/mol. The maximum atomic E-state index is 11.2. The average Bonchev–Trinajstić information content (AvgIpc) is 2.41. The van der Waals surface area contributed by atoms with Crippen molar-refractivity contribution in [1.29, 1.82) is 0 Å². The van der Waals surface area contributed by atoms with E-state index in [1.807, 2.05) is 0 Å². The van der Waals surface area contributed by atoms with Gasteiger partial charge in [-0.2, -0.15) is 0 Å². The number of primary amides is 1. The lowest BCUT2D eigenvalue weighted by molar-refractivity contribution is 0.0997. The second-order valence-electron chi connectivity index (χ2n) is 5.33. The topological polar surface area (TPSA) is 63.3 Å². The van der Waals surface area contributed by atoms with Gasteiger partial charge in [-0.05, 0) is 42.9 Å². The van der Waals surface area contributed by atoms with Gasteiger partial charge in [0.1, 0.15) is 5.75 Å². The van der Waals surface area contributed by atoms with E-state index >= 15 is 0 Å². The molecule has 0 saturated heterocycles. The van der Waals surface area contributed by atoms with Crippen LogP contribution in [0.15, 0.2) is 18.2 Å². The van der Waals surface area contributed by atoms with E-state index in [1.54, 1.807) is 12.1 Å². The highest BCUT2D eigenvalue weighted by Crippen LogP contribution is 2.31. The first-order chi connectivity index (χ1) is 9.08. The lowest BCUT2D eigenvalue weighted by Crippen LogP contribution is -2.20. The third-order valence-corrected chi connectivity index (χ3v) is 4.43. The fourth-order valence-corrected chi connectivity index (χ4v) is 3.23. The molecule has 1 amide bonds. The summed E-state index contributed by atoms with van der Waals surface area (Å²) in [6.45, 7) is 0. The monoisotopic (exact) mass is 281 g/mol. The number of hydrogen-bond donors (Lipinski definition) is 2. The molecule has 1 aromatic carbocycles. The molecule has 1 unspecified atom stereocenters. The summed E-state index contributed by atoms with van der Waals surface area (Å²) < 4.78 is 0. The number of nitrogens with two attached hydrogens (primary N) is 1. The van der Waals surface area contributed by atoms with Crippen LogP contribution in [0.4, 0.5) is 0 Å². The fraction of sp³-hybridized carbons (Fsp3) is 0.533. The highest BCUT2D eigenvalue weighted by atomic mass is 35.5. The molecule has 104 valence electrons. The summed E-state index contributed by atoms with van der Waals surface area (Å²) in [4.78, 5) is 11.2. The van der Waals surface area contributed by atoms with E-state index in [0.29, 0.717) is 12.3 Å². The minimum atomic E-state index is -0.608. The molecular weight excluding hydrogens is 262 g/mol. The van der Waals surface area contributed by atoms with E-state index in [2.05, 4.69) is 0 Å². The summed E-state index contributed by atoms with van der Waals surface area (Å²) in [5, 5.41) is 9.64. The second-order valence-corrected chi connectivity index (χ2v) is 5.89. The van der Waals surface area contributed by atoms with Crippen LogP contribution in [-0.2, 0) is 6.42 Å². The van der Waals surface area contributed by atoms with Gasteiger partial charge in [-0.1, -0.05) is 25.3 Å². The molecule has 1 aromatic rings. The Morgan fingerprint density at radius 1 is 1.37 bits per heavy atom. The van der Waals surface area contributed by atoms with Crippen molar-refractivity contribution in [2.45, 2.75) is 43.9 Å². The second kappa shape index (κ2) is 6.29. The van der Waals surface area contributed by atoms with Crippen LogP contribution < -0.4 is 5.73 Å². The van der Waals surface area contributed by atoms with Gasteiger partial charge in [0.2, 0.25) is 0 Å². The van der Waals surface area contributed by atoms with Gasteiger partial charge in [-0.25, -0.2) is 0 Å². The summed E-state index contributed by atoms with van der Waals surface area (Å²) in [5.74, 6) is -0.121. The molecule has 1 aliphatic carbocycles. The number of benzene rings is 1. The third-order valence-electron chi connectivity index (χ3n) is 3.92. The van der Waals surface area contributed by atoms with Crippen LogP contribution >= 0.6 is 11.6 Å². The number of phenols is 1. The van der Waals surface area contributed by atoms with Crippen LogP contribution in [0.1, 0.15) is 48.0 Å². The van der Waals surface area contributed by atoms with Crippen molar-refractivity contribution >= 4 is 17.5 Å². The Morgan fingerprint density at radius 3 is 2.68 bits per heavy atom. The molecule has 3 nitrogen and oxygen atoms in total.